The number of carbonyl (C=O) groups excluding carboxylic acids is 1. The number of carbonyl (C=O) groups is 1. The summed E-state index contributed by atoms with van der Waals surface area (Å²) in [4.78, 5) is 29.9. The summed E-state index contributed by atoms with van der Waals surface area (Å²) in [6.45, 7) is 7.06. The first-order valence-corrected chi connectivity index (χ1v) is 13.7. The number of halogens is 1. The highest BCUT2D eigenvalue weighted by molar-refractivity contribution is 6.01. The predicted molar refractivity (Wildman–Crippen MR) is 149 cm³/mol. The Morgan fingerprint density at radius 3 is 2.62 bits per heavy atom. The highest BCUT2D eigenvalue weighted by Crippen LogP contribution is 2.36. The van der Waals surface area contributed by atoms with Crippen molar-refractivity contribution < 1.29 is 13.9 Å². The standard InChI is InChI=1S/C29H34FN7O2/c1-19-17-22-23(34-19)9-10-24(26(22)30)39-28-25(29(38)37-13-3-2-4-14-37)27(32-18-33-28)35-20-5-7-21(8-6-20)36-15-11-31-12-16-36/h5-10,17-18,24,26,31,34H,2-4,11-16H2,1H3,(H,32,33,35). The fourth-order valence-corrected chi connectivity index (χ4v) is 5.51. The van der Waals surface area contributed by atoms with Gasteiger partial charge in [-0.05, 0) is 68.7 Å². The lowest BCUT2D eigenvalue weighted by Crippen LogP contribution is -2.43. The SMILES string of the molecule is Cc1cc2c([nH]1)C=CC(Oc1ncnc(Nc3ccc(N4CCNCC4)cc3)c1C(=O)N1CCCCC1)C2F. The van der Waals surface area contributed by atoms with Crippen LogP contribution >= 0.6 is 0 Å². The van der Waals surface area contributed by atoms with E-state index in [0.29, 0.717) is 24.5 Å². The van der Waals surface area contributed by atoms with Crippen LogP contribution in [0.4, 0.5) is 21.6 Å². The molecule has 204 valence electrons. The van der Waals surface area contributed by atoms with E-state index in [-0.39, 0.29) is 17.4 Å². The van der Waals surface area contributed by atoms with Crippen molar-refractivity contribution in [3.8, 4) is 5.88 Å². The van der Waals surface area contributed by atoms with Gasteiger partial charge in [-0.25, -0.2) is 14.4 Å². The summed E-state index contributed by atoms with van der Waals surface area (Å²) in [5.41, 5.74) is 4.32. The van der Waals surface area contributed by atoms with Gasteiger partial charge in [0.2, 0.25) is 5.88 Å². The van der Waals surface area contributed by atoms with Gasteiger partial charge in [0.25, 0.3) is 5.91 Å². The Bertz CT molecular complexity index is 1340. The number of piperazine rings is 1. The Labute approximate surface area is 227 Å². The van der Waals surface area contributed by atoms with Gasteiger partial charge in [0.05, 0.1) is 0 Å². The number of rotatable bonds is 6. The van der Waals surface area contributed by atoms with Crippen LogP contribution in [0.1, 0.15) is 52.7 Å². The van der Waals surface area contributed by atoms with Crippen molar-refractivity contribution in [2.45, 2.75) is 38.5 Å². The van der Waals surface area contributed by atoms with Crippen LogP contribution < -0.4 is 20.3 Å². The summed E-state index contributed by atoms with van der Waals surface area (Å²) in [7, 11) is 0. The van der Waals surface area contributed by atoms with Crippen molar-refractivity contribution >= 4 is 29.2 Å². The third kappa shape index (κ3) is 5.34. The Balaban J connectivity index is 1.29. The number of nitrogens with zero attached hydrogens (tertiary/aromatic N) is 4. The Kier molecular flexibility index (Phi) is 7.19. The lowest BCUT2D eigenvalue weighted by Gasteiger charge is -2.30. The highest BCUT2D eigenvalue weighted by atomic mass is 19.1. The lowest BCUT2D eigenvalue weighted by molar-refractivity contribution is 0.0710. The zero-order chi connectivity index (χ0) is 26.8. The minimum absolute atomic E-state index is 0.0773. The number of aromatic nitrogens is 3. The van der Waals surface area contributed by atoms with Crippen molar-refractivity contribution in [3.63, 3.8) is 0 Å². The van der Waals surface area contributed by atoms with Crippen molar-refractivity contribution in [3.05, 3.63) is 65.2 Å². The number of fused-ring (bicyclic) bond motifs is 1. The normalized spacial score (nSPS) is 21.0. The molecule has 1 amide bonds. The second-order valence-electron chi connectivity index (χ2n) is 10.3. The number of nitrogens with one attached hydrogen (secondary N) is 3. The van der Waals surface area contributed by atoms with Crippen LogP contribution in [-0.2, 0) is 0 Å². The van der Waals surface area contributed by atoms with Gasteiger partial charge < -0.3 is 30.2 Å². The molecule has 10 heteroatoms. The number of amides is 1. The number of piperidine rings is 1. The Morgan fingerprint density at radius 2 is 1.85 bits per heavy atom. The van der Waals surface area contributed by atoms with Crippen LogP contribution in [0.5, 0.6) is 5.88 Å². The number of aromatic amines is 1. The van der Waals surface area contributed by atoms with Gasteiger partial charge in [-0.3, -0.25) is 4.79 Å². The summed E-state index contributed by atoms with van der Waals surface area (Å²) < 4.78 is 21.6. The Morgan fingerprint density at radius 1 is 1.08 bits per heavy atom. The van der Waals surface area contributed by atoms with Crippen LogP contribution in [0.15, 0.2) is 42.7 Å². The molecule has 4 heterocycles. The number of hydrogen-bond acceptors (Lipinski definition) is 7. The molecule has 0 radical (unpaired) electrons. The van der Waals surface area contributed by atoms with E-state index in [9.17, 15) is 4.79 Å². The molecule has 0 bridgehead atoms. The molecule has 3 N–H and O–H groups in total. The number of hydrogen-bond donors (Lipinski definition) is 3. The first-order chi connectivity index (χ1) is 19.1. The maximum Gasteiger partial charge on any atom is 0.263 e. The molecular weight excluding hydrogens is 497 g/mol. The number of H-pyrrole nitrogens is 1. The number of anilines is 3. The molecule has 2 saturated heterocycles. The number of alkyl halides is 1. The maximum atomic E-state index is 15.5. The molecule has 2 aliphatic heterocycles. The van der Waals surface area contributed by atoms with Crippen molar-refractivity contribution in [2.24, 2.45) is 0 Å². The van der Waals surface area contributed by atoms with E-state index in [1.54, 1.807) is 12.1 Å². The van der Waals surface area contributed by atoms with Gasteiger partial charge in [0, 0.05) is 67.6 Å². The van der Waals surface area contributed by atoms with Crippen LogP contribution in [0, 0.1) is 6.92 Å². The van der Waals surface area contributed by atoms with Crippen LogP contribution in [0.3, 0.4) is 0 Å². The molecule has 9 nitrogen and oxygen atoms in total. The van der Waals surface area contributed by atoms with E-state index in [1.807, 2.05) is 30.0 Å². The molecule has 39 heavy (non-hydrogen) atoms. The third-order valence-electron chi connectivity index (χ3n) is 7.58. The maximum absolute atomic E-state index is 15.5. The second-order valence-corrected chi connectivity index (χ2v) is 10.3. The molecule has 2 aromatic heterocycles. The van der Waals surface area contributed by atoms with E-state index in [4.69, 9.17) is 4.74 Å². The Hall–Kier alpha value is -3.92. The minimum Gasteiger partial charge on any atom is -0.466 e. The van der Waals surface area contributed by atoms with Gasteiger partial charge in [0.15, 0.2) is 18.1 Å². The van der Waals surface area contributed by atoms with Crippen LogP contribution in [-0.4, -0.2) is 71.1 Å². The first kappa shape index (κ1) is 25.4. The average molecular weight is 532 g/mol. The van der Waals surface area contributed by atoms with Gasteiger partial charge in [-0.1, -0.05) is 0 Å². The molecule has 3 aromatic rings. The molecule has 6 rings (SSSR count). The summed E-state index contributed by atoms with van der Waals surface area (Å²) in [6, 6.07) is 9.88. The number of ether oxygens (including phenoxy) is 1. The number of likely N-dealkylation sites (tertiary alicyclic amines) is 1. The monoisotopic (exact) mass is 531 g/mol. The summed E-state index contributed by atoms with van der Waals surface area (Å²) in [5.74, 6) is 0.214. The van der Waals surface area contributed by atoms with E-state index in [1.165, 1.54) is 6.33 Å². The molecule has 0 spiro atoms. The highest BCUT2D eigenvalue weighted by Gasteiger charge is 2.33. The minimum atomic E-state index is -1.39. The van der Waals surface area contributed by atoms with Crippen LogP contribution in [0.2, 0.25) is 0 Å². The first-order valence-electron chi connectivity index (χ1n) is 13.7. The fourth-order valence-electron chi connectivity index (χ4n) is 5.51. The quantitative estimate of drug-likeness (QED) is 0.434. The van der Waals surface area contributed by atoms with E-state index >= 15 is 4.39 Å². The zero-order valence-corrected chi connectivity index (χ0v) is 22.1. The molecule has 2 fully saturated rings. The largest absolute Gasteiger partial charge is 0.466 e. The molecule has 1 aliphatic carbocycles. The fraction of sp³-hybridized carbons (Fsp3) is 0.414. The molecular formula is C29H34FN7O2. The van der Waals surface area contributed by atoms with Crippen LogP contribution in [0.25, 0.3) is 6.08 Å². The summed E-state index contributed by atoms with van der Waals surface area (Å²) in [6.07, 6.45) is 5.51. The molecule has 2 atom stereocenters. The smallest absolute Gasteiger partial charge is 0.263 e. The van der Waals surface area contributed by atoms with E-state index in [2.05, 4.69) is 42.6 Å². The second kappa shape index (κ2) is 11.1. The van der Waals surface area contributed by atoms with E-state index < -0.39 is 12.3 Å². The average Bonchev–Trinajstić information content (AvgIpc) is 3.37. The summed E-state index contributed by atoms with van der Waals surface area (Å²) in [5, 5.41) is 6.67. The number of benzene rings is 1. The molecule has 3 aliphatic rings. The summed E-state index contributed by atoms with van der Waals surface area (Å²) >= 11 is 0. The van der Waals surface area contributed by atoms with Crippen molar-refractivity contribution in [1.29, 1.82) is 0 Å². The predicted octanol–water partition coefficient (Wildman–Crippen LogP) is 4.38. The topological polar surface area (TPSA) is 98.4 Å². The van der Waals surface area contributed by atoms with Crippen molar-refractivity contribution in [2.75, 3.05) is 49.5 Å². The van der Waals surface area contributed by atoms with E-state index in [0.717, 1.165) is 68.2 Å². The van der Waals surface area contributed by atoms with Gasteiger partial charge in [-0.2, -0.15) is 0 Å². The third-order valence-corrected chi connectivity index (χ3v) is 7.58. The van der Waals surface area contributed by atoms with Gasteiger partial charge in [-0.15, -0.1) is 0 Å². The lowest BCUT2D eigenvalue weighted by atomic mass is 9.99. The number of aryl methyl sites for hydroxylation is 1. The van der Waals surface area contributed by atoms with Gasteiger partial charge in [0.1, 0.15) is 11.9 Å². The zero-order valence-electron chi connectivity index (χ0n) is 22.1. The molecule has 1 aromatic carbocycles. The van der Waals surface area contributed by atoms with Gasteiger partial charge >= 0.3 is 0 Å². The van der Waals surface area contributed by atoms with Crippen molar-refractivity contribution in [1.82, 2.24) is 25.2 Å². The molecule has 2 unspecified atom stereocenters. The molecule has 0 saturated carbocycles.